The van der Waals surface area contributed by atoms with E-state index in [1.807, 2.05) is 0 Å². The predicted octanol–water partition coefficient (Wildman–Crippen LogP) is 0.568. The van der Waals surface area contributed by atoms with Gasteiger partial charge in [0.25, 0.3) is 0 Å². The van der Waals surface area contributed by atoms with Crippen LogP contribution >= 0.6 is 0 Å². The Kier molecular flexibility index (Phi) is 5.04. The first kappa shape index (κ1) is 10.9. The third kappa shape index (κ3) is 3.93. The second-order valence-electron chi connectivity index (χ2n) is 2.59. The van der Waals surface area contributed by atoms with E-state index in [1.54, 1.807) is 13.0 Å². The van der Waals surface area contributed by atoms with Crippen molar-refractivity contribution in [3.8, 4) is 0 Å². The van der Waals surface area contributed by atoms with E-state index in [1.165, 1.54) is 11.0 Å². The van der Waals surface area contributed by atoms with Crippen LogP contribution in [0.4, 0.5) is 0 Å². The molecule has 0 aromatic rings. The summed E-state index contributed by atoms with van der Waals surface area (Å²) in [6, 6.07) is 0. The van der Waals surface area contributed by atoms with Gasteiger partial charge < -0.3 is 10.0 Å². The van der Waals surface area contributed by atoms with Crippen LogP contribution in [-0.2, 0) is 4.79 Å². The number of rotatable bonds is 5. The highest BCUT2D eigenvalue weighted by Crippen LogP contribution is 1.94. The molecule has 1 amide bonds. The molecule has 0 aromatic heterocycles. The molecule has 0 bridgehead atoms. The van der Waals surface area contributed by atoms with E-state index < -0.39 is 6.10 Å². The molecule has 0 saturated carbocycles. The van der Waals surface area contributed by atoms with Gasteiger partial charge in [0.2, 0.25) is 5.91 Å². The molecule has 1 atom stereocenters. The number of nitrogens with zero attached hydrogens (tertiary/aromatic N) is 1. The SMILES string of the molecule is C=CCN(CC(C)O)C(=O)C=C. The molecular formula is C9H15NO2. The highest BCUT2D eigenvalue weighted by Gasteiger charge is 2.09. The van der Waals surface area contributed by atoms with E-state index in [0.717, 1.165) is 0 Å². The lowest BCUT2D eigenvalue weighted by atomic mass is 10.3. The predicted molar refractivity (Wildman–Crippen MR) is 48.7 cm³/mol. The lowest BCUT2D eigenvalue weighted by Crippen LogP contribution is -2.35. The Morgan fingerprint density at radius 3 is 2.58 bits per heavy atom. The molecular weight excluding hydrogens is 154 g/mol. The standard InChI is InChI=1S/C9H15NO2/c1-4-6-10(7-8(3)11)9(12)5-2/h4-5,8,11H,1-2,6-7H2,3H3. The Bertz CT molecular complexity index is 175. The average Bonchev–Trinajstić information content (AvgIpc) is 2.01. The maximum Gasteiger partial charge on any atom is 0.246 e. The number of hydrogen-bond acceptors (Lipinski definition) is 2. The van der Waals surface area contributed by atoms with Crippen molar-refractivity contribution in [2.45, 2.75) is 13.0 Å². The van der Waals surface area contributed by atoms with Gasteiger partial charge >= 0.3 is 0 Å². The van der Waals surface area contributed by atoms with Crippen LogP contribution in [0.25, 0.3) is 0 Å². The van der Waals surface area contributed by atoms with Crippen LogP contribution < -0.4 is 0 Å². The van der Waals surface area contributed by atoms with Crippen molar-refractivity contribution >= 4 is 5.91 Å². The molecule has 0 aliphatic carbocycles. The minimum Gasteiger partial charge on any atom is -0.392 e. The summed E-state index contributed by atoms with van der Waals surface area (Å²) in [5, 5.41) is 9.03. The summed E-state index contributed by atoms with van der Waals surface area (Å²) < 4.78 is 0. The lowest BCUT2D eigenvalue weighted by Gasteiger charge is -2.20. The molecule has 0 rings (SSSR count). The van der Waals surface area contributed by atoms with Crippen molar-refractivity contribution in [2.75, 3.05) is 13.1 Å². The lowest BCUT2D eigenvalue weighted by molar-refractivity contribution is -0.126. The Morgan fingerprint density at radius 1 is 1.67 bits per heavy atom. The number of carbonyl (C=O) groups is 1. The van der Waals surface area contributed by atoms with Crippen LogP contribution in [0.5, 0.6) is 0 Å². The Hall–Kier alpha value is -1.09. The minimum atomic E-state index is -0.520. The van der Waals surface area contributed by atoms with Crippen LogP contribution in [0.3, 0.4) is 0 Å². The molecule has 0 aliphatic rings. The van der Waals surface area contributed by atoms with Gasteiger partial charge in [-0.3, -0.25) is 4.79 Å². The van der Waals surface area contributed by atoms with Crippen molar-refractivity contribution in [1.82, 2.24) is 4.90 Å². The number of aliphatic hydroxyl groups excluding tert-OH is 1. The van der Waals surface area contributed by atoms with Gasteiger partial charge in [0.1, 0.15) is 0 Å². The number of hydrogen-bond donors (Lipinski definition) is 1. The fourth-order valence-corrected chi connectivity index (χ4v) is 0.858. The highest BCUT2D eigenvalue weighted by molar-refractivity contribution is 5.87. The molecule has 1 N–H and O–H groups in total. The average molecular weight is 169 g/mol. The second-order valence-corrected chi connectivity index (χ2v) is 2.59. The molecule has 0 fully saturated rings. The molecule has 0 spiro atoms. The van der Waals surface area contributed by atoms with Gasteiger partial charge in [-0.05, 0) is 13.0 Å². The third-order valence-corrected chi connectivity index (χ3v) is 1.32. The van der Waals surface area contributed by atoms with Gasteiger partial charge in [-0.2, -0.15) is 0 Å². The molecule has 0 aromatic carbocycles. The zero-order chi connectivity index (χ0) is 9.56. The van der Waals surface area contributed by atoms with E-state index >= 15 is 0 Å². The smallest absolute Gasteiger partial charge is 0.246 e. The van der Waals surface area contributed by atoms with Crippen LogP contribution in [-0.4, -0.2) is 35.1 Å². The summed E-state index contributed by atoms with van der Waals surface area (Å²) in [5.74, 6) is -0.184. The minimum absolute atomic E-state index is 0.184. The zero-order valence-electron chi connectivity index (χ0n) is 7.36. The fraction of sp³-hybridized carbons (Fsp3) is 0.444. The Morgan fingerprint density at radius 2 is 2.25 bits per heavy atom. The first-order valence-corrected chi connectivity index (χ1v) is 3.82. The molecule has 0 aliphatic heterocycles. The first-order chi connectivity index (χ1) is 5.61. The maximum absolute atomic E-state index is 11.1. The molecule has 0 saturated heterocycles. The maximum atomic E-state index is 11.1. The quantitative estimate of drug-likeness (QED) is 0.483. The van der Waals surface area contributed by atoms with Gasteiger partial charge in [-0.1, -0.05) is 12.7 Å². The van der Waals surface area contributed by atoms with Gasteiger partial charge in [0.05, 0.1) is 6.10 Å². The normalized spacial score (nSPS) is 11.8. The van der Waals surface area contributed by atoms with Crippen LogP contribution in [0.15, 0.2) is 25.3 Å². The van der Waals surface area contributed by atoms with E-state index in [4.69, 9.17) is 5.11 Å². The van der Waals surface area contributed by atoms with Gasteiger partial charge in [-0.15, -0.1) is 6.58 Å². The molecule has 3 nitrogen and oxygen atoms in total. The molecule has 68 valence electrons. The fourth-order valence-electron chi connectivity index (χ4n) is 0.858. The van der Waals surface area contributed by atoms with Crippen LogP contribution in [0, 0.1) is 0 Å². The second kappa shape index (κ2) is 5.55. The van der Waals surface area contributed by atoms with Crippen LogP contribution in [0.1, 0.15) is 6.92 Å². The Labute approximate surface area is 73.0 Å². The number of aliphatic hydroxyl groups is 1. The number of amides is 1. The van der Waals surface area contributed by atoms with Gasteiger partial charge in [-0.25, -0.2) is 0 Å². The highest BCUT2D eigenvalue weighted by atomic mass is 16.3. The summed E-state index contributed by atoms with van der Waals surface area (Å²) in [6.07, 6.45) is 2.32. The van der Waals surface area contributed by atoms with Crippen molar-refractivity contribution in [3.05, 3.63) is 25.3 Å². The summed E-state index contributed by atoms with van der Waals surface area (Å²) in [5.41, 5.74) is 0. The van der Waals surface area contributed by atoms with Gasteiger partial charge in [0, 0.05) is 13.1 Å². The van der Waals surface area contributed by atoms with Crippen molar-refractivity contribution in [1.29, 1.82) is 0 Å². The summed E-state index contributed by atoms with van der Waals surface area (Å²) in [4.78, 5) is 12.6. The molecule has 0 radical (unpaired) electrons. The molecule has 0 heterocycles. The van der Waals surface area contributed by atoms with E-state index in [-0.39, 0.29) is 5.91 Å². The van der Waals surface area contributed by atoms with Crippen molar-refractivity contribution in [2.24, 2.45) is 0 Å². The third-order valence-electron chi connectivity index (χ3n) is 1.32. The van der Waals surface area contributed by atoms with Gasteiger partial charge in [0.15, 0.2) is 0 Å². The molecule has 1 unspecified atom stereocenters. The first-order valence-electron chi connectivity index (χ1n) is 3.82. The number of carbonyl (C=O) groups excluding carboxylic acids is 1. The molecule has 12 heavy (non-hydrogen) atoms. The molecule has 3 heteroatoms. The van der Waals surface area contributed by atoms with Crippen molar-refractivity contribution in [3.63, 3.8) is 0 Å². The zero-order valence-corrected chi connectivity index (χ0v) is 7.36. The largest absolute Gasteiger partial charge is 0.392 e. The van der Waals surface area contributed by atoms with E-state index in [0.29, 0.717) is 13.1 Å². The monoisotopic (exact) mass is 169 g/mol. The van der Waals surface area contributed by atoms with E-state index in [2.05, 4.69) is 13.2 Å². The van der Waals surface area contributed by atoms with Crippen molar-refractivity contribution < 1.29 is 9.90 Å². The topological polar surface area (TPSA) is 40.5 Å². The Balaban J connectivity index is 4.11. The summed E-state index contributed by atoms with van der Waals surface area (Å²) in [7, 11) is 0. The summed E-state index contributed by atoms with van der Waals surface area (Å²) >= 11 is 0. The summed E-state index contributed by atoms with van der Waals surface area (Å²) in [6.45, 7) is 9.27. The van der Waals surface area contributed by atoms with Crippen LogP contribution in [0.2, 0.25) is 0 Å². The van der Waals surface area contributed by atoms with E-state index in [9.17, 15) is 4.79 Å².